The van der Waals surface area contributed by atoms with Gasteiger partial charge in [-0.1, -0.05) is 62.4 Å². The zero-order chi connectivity index (χ0) is 22.5. The van der Waals surface area contributed by atoms with E-state index in [1.807, 2.05) is 85.8 Å². The van der Waals surface area contributed by atoms with Gasteiger partial charge in [0.2, 0.25) is 0 Å². The van der Waals surface area contributed by atoms with Gasteiger partial charge in [-0.3, -0.25) is 4.79 Å². The molecular weight excluding hydrogens is 396 g/mol. The van der Waals surface area contributed by atoms with Crippen molar-refractivity contribution in [2.24, 2.45) is 0 Å². The van der Waals surface area contributed by atoms with Crippen LogP contribution in [0.5, 0.6) is 0 Å². The molecule has 0 saturated carbocycles. The second-order valence-electron chi connectivity index (χ2n) is 7.99. The van der Waals surface area contributed by atoms with Gasteiger partial charge in [0.15, 0.2) is 0 Å². The third-order valence-corrected chi connectivity index (χ3v) is 5.14. The zero-order valence-electron chi connectivity index (χ0n) is 18.5. The minimum absolute atomic E-state index is 0.158. The number of carbonyl (C=O) groups is 1. The van der Waals surface area contributed by atoms with E-state index in [0.717, 1.165) is 22.6 Å². The minimum atomic E-state index is -0.158. The summed E-state index contributed by atoms with van der Waals surface area (Å²) in [4.78, 5) is 21.8. The van der Waals surface area contributed by atoms with Crippen LogP contribution >= 0.6 is 0 Å². The summed E-state index contributed by atoms with van der Waals surface area (Å²) in [5.74, 6) is 1.65. The maximum Gasteiger partial charge on any atom is 0.255 e. The maximum atomic E-state index is 12.8. The first-order valence-corrected chi connectivity index (χ1v) is 10.7. The summed E-state index contributed by atoms with van der Waals surface area (Å²) in [5, 5.41) is 6.27. The highest BCUT2D eigenvalue weighted by Gasteiger charge is 2.09. The molecule has 5 nitrogen and oxygen atoms in total. The molecule has 0 saturated heterocycles. The van der Waals surface area contributed by atoms with E-state index in [4.69, 9.17) is 0 Å². The Kier molecular flexibility index (Phi) is 6.26. The van der Waals surface area contributed by atoms with Crippen LogP contribution in [0.2, 0.25) is 0 Å². The summed E-state index contributed by atoms with van der Waals surface area (Å²) in [6, 6.07) is 27.2. The zero-order valence-corrected chi connectivity index (χ0v) is 18.5. The van der Waals surface area contributed by atoms with Crippen LogP contribution in [0, 0.1) is 6.92 Å². The van der Waals surface area contributed by atoms with Crippen LogP contribution in [-0.2, 0) is 0 Å². The van der Waals surface area contributed by atoms with Gasteiger partial charge >= 0.3 is 0 Å². The van der Waals surface area contributed by atoms with Crippen molar-refractivity contribution in [1.29, 1.82) is 0 Å². The highest BCUT2D eigenvalue weighted by molar-refractivity contribution is 6.04. The van der Waals surface area contributed by atoms with E-state index in [1.165, 1.54) is 5.56 Å². The monoisotopic (exact) mass is 422 g/mol. The number of rotatable bonds is 6. The molecule has 160 valence electrons. The van der Waals surface area contributed by atoms with Gasteiger partial charge in [0, 0.05) is 28.6 Å². The number of benzene rings is 3. The molecule has 0 aliphatic heterocycles. The van der Waals surface area contributed by atoms with E-state index in [-0.39, 0.29) is 5.91 Å². The molecule has 0 radical (unpaired) electrons. The standard InChI is InChI=1S/C27H26N4O/c1-18(2)20-12-14-23(15-13-20)31-27(32)22-10-7-11-24(16-22)30-26-17-25(28-19(3)29-26)21-8-5-4-6-9-21/h4-18H,1-3H3,(H,31,32)(H,28,29,30). The minimum Gasteiger partial charge on any atom is -0.340 e. The van der Waals surface area contributed by atoms with E-state index in [1.54, 1.807) is 6.07 Å². The van der Waals surface area contributed by atoms with Crippen LogP contribution in [0.4, 0.5) is 17.2 Å². The largest absolute Gasteiger partial charge is 0.340 e. The van der Waals surface area contributed by atoms with Crippen molar-refractivity contribution in [2.45, 2.75) is 26.7 Å². The molecule has 1 amide bonds. The molecule has 32 heavy (non-hydrogen) atoms. The smallest absolute Gasteiger partial charge is 0.255 e. The van der Waals surface area contributed by atoms with Gasteiger partial charge < -0.3 is 10.6 Å². The van der Waals surface area contributed by atoms with Crippen LogP contribution < -0.4 is 10.6 Å². The molecule has 4 aromatic rings. The fourth-order valence-corrected chi connectivity index (χ4v) is 3.43. The summed E-state index contributed by atoms with van der Waals surface area (Å²) in [6.45, 7) is 6.16. The van der Waals surface area contributed by atoms with Crippen LogP contribution in [0.15, 0.2) is 84.9 Å². The number of nitrogens with zero attached hydrogens (tertiary/aromatic N) is 2. The predicted molar refractivity (Wildman–Crippen MR) is 130 cm³/mol. The van der Waals surface area contributed by atoms with Crippen LogP contribution in [0.3, 0.4) is 0 Å². The number of hydrogen-bond acceptors (Lipinski definition) is 4. The lowest BCUT2D eigenvalue weighted by atomic mass is 10.0. The number of aryl methyl sites for hydroxylation is 1. The topological polar surface area (TPSA) is 66.9 Å². The van der Waals surface area contributed by atoms with Crippen LogP contribution in [0.1, 0.15) is 41.5 Å². The van der Waals surface area contributed by atoms with Crippen molar-refractivity contribution in [1.82, 2.24) is 9.97 Å². The summed E-state index contributed by atoms with van der Waals surface area (Å²) in [7, 11) is 0. The number of carbonyl (C=O) groups excluding carboxylic acids is 1. The van der Waals surface area contributed by atoms with Gasteiger partial charge in [0.25, 0.3) is 5.91 Å². The normalized spacial score (nSPS) is 10.8. The predicted octanol–water partition coefficient (Wildman–Crippen LogP) is 6.57. The van der Waals surface area contributed by atoms with Gasteiger partial charge in [0.1, 0.15) is 11.6 Å². The molecular formula is C27H26N4O. The third-order valence-electron chi connectivity index (χ3n) is 5.14. The summed E-state index contributed by atoms with van der Waals surface area (Å²) in [5.41, 5.74) is 5.24. The van der Waals surface area contributed by atoms with E-state index in [2.05, 4.69) is 34.4 Å². The molecule has 0 spiro atoms. The quantitative estimate of drug-likeness (QED) is 0.369. The Morgan fingerprint density at radius 3 is 2.28 bits per heavy atom. The lowest BCUT2D eigenvalue weighted by molar-refractivity contribution is 0.102. The van der Waals surface area contributed by atoms with Crippen molar-refractivity contribution in [3.8, 4) is 11.3 Å². The molecule has 3 aromatic carbocycles. The summed E-state index contributed by atoms with van der Waals surface area (Å²) >= 11 is 0. The number of amides is 1. The van der Waals surface area contributed by atoms with Crippen molar-refractivity contribution in [3.05, 3.63) is 102 Å². The molecule has 4 rings (SSSR count). The second kappa shape index (κ2) is 9.43. The number of hydrogen-bond donors (Lipinski definition) is 2. The van der Waals surface area contributed by atoms with Crippen molar-refractivity contribution in [3.63, 3.8) is 0 Å². The first kappa shape index (κ1) is 21.2. The van der Waals surface area contributed by atoms with E-state index in [9.17, 15) is 4.79 Å². The molecule has 0 aliphatic rings. The fourth-order valence-electron chi connectivity index (χ4n) is 3.43. The van der Waals surface area contributed by atoms with E-state index in [0.29, 0.717) is 23.1 Å². The molecule has 5 heteroatoms. The SMILES string of the molecule is Cc1nc(Nc2cccc(C(=O)Nc3ccc(C(C)C)cc3)c2)cc(-c2ccccc2)n1. The average Bonchev–Trinajstić information content (AvgIpc) is 2.80. The summed E-state index contributed by atoms with van der Waals surface area (Å²) in [6.07, 6.45) is 0. The number of nitrogens with one attached hydrogen (secondary N) is 2. The first-order chi connectivity index (χ1) is 15.5. The van der Waals surface area contributed by atoms with Gasteiger partial charge in [-0.05, 0) is 48.7 Å². The van der Waals surface area contributed by atoms with E-state index < -0.39 is 0 Å². The molecule has 1 aromatic heterocycles. The molecule has 0 unspecified atom stereocenters. The Labute approximate surface area is 188 Å². The van der Waals surface area contributed by atoms with Gasteiger partial charge in [0.05, 0.1) is 5.69 Å². The van der Waals surface area contributed by atoms with Crippen molar-refractivity contribution < 1.29 is 4.79 Å². The highest BCUT2D eigenvalue weighted by Crippen LogP contribution is 2.23. The molecule has 0 fully saturated rings. The van der Waals surface area contributed by atoms with Gasteiger partial charge in [-0.25, -0.2) is 9.97 Å². The fraction of sp³-hybridized carbons (Fsp3) is 0.148. The van der Waals surface area contributed by atoms with Gasteiger partial charge in [-0.2, -0.15) is 0 Å². The lowest BCUT2D eigenvalue weighted by Crippen LogP contribution is -2.12. The Balaban J connectivity index is 1.51. The molecule has 2 N–H and O–H groups in total. The van der Waals surface area contributed by atoms with Crippen molar-refractivity contribution in [2.75, 3.05) is 10.6 Å². The number of anilines is 3. The maximum absolute atomic E-state index is 12.8. The molecule has 1 heterocycles. The Bertz CT molecular complexity index is 1220. The third kappa shape index (κ3) is 5.19. The Morgan fingerprint density at radius 1 is 0.812 bits per heavy atom. The van der Waals surface area contributed by atoms with E-state index >= 15 is 0 Å². The molecule has 0 aliphatic carbocycles. The van der Waals surface area contributed by atoms with Crippen LogP contribution in [0.25, 0.3) is 11.3 Å². The van der Waals surface area contributed by atoms with Crippen molar-refractivity contribution >= 4 is 23.1 Å². The summed E-state index contributed by atoms with van der Waals surface area (Å²) < 4.78 is 0. The lowest BCUT2D eigenvalue weighted by Gasteiger charge is -2.11. The first-order valence-electron chi connectivity index (χ1n) is 10.7. The molecule has 0 atom stereocenters. The second-order valence-corrected chi connectivity index (χ2v) is 7.99. The van der Waals surface area contributed by atoms with Gasteiger partial charge in [-0.15, -0.1) is 0 Å². The Morgan fingerprint density at radius 2 is 1.56 bits per heavy atom. The molecule has 0 bridgehead atoms. The van der Waals surface area contributed by atoms with Crippen LogP contribution in [-0.4, -0.2) is 15.9 Å². The highest BCUT2D eigenvalue weighted by atomic mass is 16.1. The Hall–Kier alpha value is -3.99. The average molecular weight is 423 g/mol. The number of aromatic nitrogens is 2.